The fourth-order valence-corrected chi connectivity index (χ4v) is 3.39. The summed E-state index contributed by atoms with van der Waals surface area (Å²) in [4.78, 5) is 13.7. The van der Waals surface area contributed by atoms with E-state index in [1.165, 1.54) is 37.3 Å². The highest BCUT2D eigenvalue weighted by atomic mass is 16.5. The van der Waals surface area contributed by atoms with Gasteiger partial charge in [-0.1, -0.05) is 24.3 Å². The molecule has 0 saturated carbocycles. The summed E-state index contributed by atoms with van der Waals surface area (Å²) in [5.41, 5.74) is 3.55. The molecule has 2 heterocycles. The zero-order valence-corrected chi connectivity index (χ0v) is 14.9. The van der Waals surface area contributed by atoms with E-state index in [0.29, 0.717) is 6.04 Å². The van der Waals surface area contributed by atoms with Crippen LogP contribution in [0.25, 0.3) is 6.08 Å². The molecule has 0 spiro atoms. The lowest BCUT2D eigenvalue weighted by molar-refractivity contribution is -0.134. The van der Waals surface area contributed by atoms with Crippen LogP contribution in [0.2, 0.25) is 0 Å². The summed E-state index contributed by atoms with van der Waals surface area (Å²) in [7, 11) is 1.38. The largest absolute Gasteiger partial charge is 0.466 e. The number of aryl methyl sites for hydroxylation is 1. The predicted molar refractivity (Wildman–Crippen MR) is 98.0 cm³/mol. The van der Waals surface area contributed by atoms with E-state index >= 15 is 0 Å². The van der Waals surface area contributed by atoms with Gasteiger partial charge < -0.3 is 4.74 Å². The van der Waals surface area contributed by atoms with Gasteiger partial charge in [-0.2, -0.15) is 5.10 Å². The van der Waals surface area contributed by atoms with Gasteiger partial charge in [0.05, 0.1) is 13.7 Å². The number of carbonyl (C=O) groups is 1. The number of aromatic nitrogens is 2. The minimum atomic E-state index is -0.333. The second-order valence-electron chi connectivity index (χ2n) is 6.41. The van der Waals surface area contributed by atoms with Crippen molar-refractivity contribution in [3.8, 4) is 0 Å². The number of esters is 1. The van der Waals surface area contributed by atoms with Gasteiger partial charge in [0.25, 0.3) is 0 Å². The van der Waals surface area contributed by atoms with E-state index in [1.54, 1.807) is 6.08 Å². The molecule has 25 heavy (non-hydrogen) atoms. The molecule has 0 aliphatic carbocycles. The monoisotopic (exact) mass is 339 g/mol. The molecule has 1 saturated heterocycles. The lowest BCUT2D eigenvalue weighted by atomic mass is 10.0. The lowest BCUT2D eigenvalue weighted by Gasteiger charge is -2.25. The Kier molecular flexibility index (Phi) is 5.66. The standard InChI is InChI=1S/C20H25N3O2/c1-16-11-12-21-23(16)15-14-22-13-3-4-19(22)18-8-5-17(6-9-18)7-10-20(24)25-2/h5-12,19H,3-4,13-15H2,1-2H3/b10-7+/t19-/m0/s1. The van der Waals surface area contributed by atoms with E-state index in [4.69, 9.17) is 0 Å². The minimum absolute atomic E-state index is 0.333. The van der Waals surface area contributed by atoms with E-state index < -0.39 is 0 Å². The number of likely N-dealkylation sites (tertiary alicyclic amines) is 1. The molecule has 3 rings (SSSR count). The topological polar surface area (TPSA) is 47.4 Å². The maximum Gasteiger partial charge on any atom is 0.330 e. The minimum Gasteiger partial charge on any atom is -0.466 e. The van der Waals surface area contributed by atoms with Gasteiger partial charge >= 0.3 is 5.97 Å². The quantitative estimate of drug-likeness (QED) is 0.599. The summed E-state index contributed by atoms with van der Waals surface area (Å²) in [5, 5.41) is 4.37. The van der Waals surface area contributed by atoms with E-state index in [9.17, 15) is 4.79 Å². The van der Waals surface area contributed by atoms with E-state index in [-0.39, 0.29) is 5.97 Å². The molecule has 1 aromatic heterocycles. The molecule has 0 radical (unpaired) electrons. The average molecular weight is 339 g/mol. The molecule has 0 N–H and O–H groups in total. The van der Waals surface area contributed by atoms with Gasteiger partial charge in [0.2, 0.25) is 0 Å². The fourth-order valence-electron chi connectivity index (χ4n) is 3.39. The summed E-state index contributed by atoms with van der Waals surface area (Å²) < 4.78 is 6.68. The second kappa shape index (κ2) is 8.12. The van der Waals surface area contributed by atoms with Crippen LogP contribution >= 0.6 is 0 Å². The SMILES string of the molecule is COC(=O)/C=C/c1ccc([C@@H]2CCCN2CCn2nccc2C)cc1. The summed E-state index contributed by atoms with van der Waals surface area (Å²) in [6.45, 7) is 5.16. The Morgan fingerprint density at radius 2 is 2.08 bits per heavy atom. The van der Waals surface area contributed by atoms with Gasteiger partial charge in [0.1, 0.15) is 0 Å². The molecular formula is C20H25N3O2. The van der Waals surface area contributed by atoms with E-state index in [2.05, 4.69) is 50.6 Å². The number of methoxy groups -OCH3 is 1. The number of benzene rings is 1. The molecule has 5 heteroatoms. The Bertz CT molecular complexity index is 734. The first-order chi connectivity index (χ1) is 12.2. The van der Waals surface area contributed by atoms with E-state index in [0.717, 1.165) is 25.2 Å². The normalized spacial score (nSPS) is 18.1. The summed E-state index contributed by atoms with van der Waals surface area (Å²) in [6.07, 6.45) is 7.51. The number of carbonyl (C=O) groups excluding carboxylic acids is 1. The zero-order chi connectivity index (χ0) is 17.6. The Labute approximate surface area is 148 Å². The van der Waals surface area contributed by atoms with E-state index in [1.807, 2.05) is 12.3 Å². The van der Waals surface area contributed by atoms with Crippen molar-refractivity contribution >= 4 is 12.0 Å². The number of hydrogen-bond donors (Lipinski definition) is 0. The number of nitrogens with zero attached hydrogens (tertiary/aromatic N) is 3. The Morgan fingerprint density at radius 1 is 1.28 bits per heavy atom. The highest BCUT2D eigenvalue weighted by Gasteiger charge is 2.25. The van der Waals surface area contributed by atoms with Crippen molar-refractivity contribution in [2.75, 3.05) is 20.2 Å². The molecule has 0 unspecified atom stereocenters. The summed E-state index contributed by atoms with van der Waals surface area (Å²) >= 11 is 0. The third-order valence-corrected chi connectivity index (χ3v) is 4.83. The van der Waals surface area contributed by atoms with Crippen molar-refractivity contribution < 1.29 is 9.53 Å². The molecule has 1 aromatic carbocycles. The van der Waals surface area contributed by atoms with Crippen LogP contribution in [0.3, 0.4) is 0 Å². The predicted octanol–water partition coefficient (Wildman–Crippen LogP) is 3.21. The van der Waals surface area contributed by atoms with Crippen LogP contribution < -0.4 is 0 Å². The van der Waals surface area contributed by atoms with Crippen molar-refractivity contribution in [2.24, 2.45) is 0 Å². The third kappa shape index (κ3) is 4.37. The molecule has 0 bridgehead atoms. The van der Waals surface area contributed by atoms with Gasteiger partial charge in [-0.25, -0.2) is 4.79 Å². The number of ether oxygens (including phenoxy) is 1. The van der Waals surface area contributed by atoms with Crippen LogP contribution in [0.4, 0.5) is 0 Å². The molecule has 1 aliphatic heterocycles. The first-order valence-corrected chi connectivity index (χ1v) is 8.76. The van der Waals surface area contributed by atoms with Crippen molar-refractivity contribution in [1.82, 2.24) is 14.7 Å². The van der Waals surface area contributed by atoms with Crippen LogP contribution in [-0.2, 0) is 16.1 Å². The fraction of sp³-hybridized carbons (Fsp3) is 0.400. The van der Waals surface area contributed by atoms with Crippen molar-refractivity contribution in [3.05, 3.63) is 59.4 Å². The van der Waals surface area contributed by atoms with Crippen molar-refractivity contribution in [2.45, 2.75) is 32.4 Å². The maximum atomic E-state index is 11.2. The van der Waals surface area contributed by atoms with Gasteiger partial charge in [0.15, 0.2) is 0 Å². The van der Waals surface area contributed by atoms with Crippen LogP contribution in [0.15, 0.2) is 42.6 Å². The Balaban J connectivity index is 1.62. The lowest BCUT2D eigenvalue weighted by Crippen LogP contribution is -2.27. The molecule has 1 fully saturated rings. The van der Waals surface area contributed by atoms with Crippen molar-refractivity contribution in [1.29, 1.82) is 0 Å². The molecular weight excluding hydrogens is 314 g/mol. The van der Waals surface area contributed by atoms with Crippen molar-refractivity contribution in [3.63, 3.8) is 0 Å². The molecule has 1 aliphatic rings. The molecule has 0 amide bonds. The summed E-state index contributed by atoms with van der Waals surface area (Å²) in [6, 6.07) is 11.0. The molecule has 5 nitrogen and oxygen atoms in total. The third-order valence-electron chi connectivity index (χ3n) is 4.83. The smallest absolute Gasteiger partial charge is 0.330 e. The first kappa shape index (κ1) is 17.4. The van der Waals surface area contributed by atoms with Gasteiger partial charge in [-0.15, -0.1) is 0 Å². The highest BCUT2D eigenvalue weighted by molar-refractivity contribution is 5.86. The Hall–Kier alpha value is -2.40. The maximum absolute atomic E-state index is 11.2. The highest BCUT2D eigenvalue weighted by Crippen LogP contribution is 2.31. The number of rotatable bonds is 6. The average Bonchev–Trinajstić information content (AvgIpc) is 3.27. The van der Waals surface area contributed by atoms with Gasteiger partial charge in [-0.05, 0) is 49.6 Å². The van der Waals surface area contributed by atoms with Crippen LogP contribution in [0.1, 0.15) is 35.7 Å². The molecule has 1 atom stereocenters. The van der Waals surface area contributed by atoms with Gasteiger partial charge in [-0.3, -0.25) is 9.58 Å². The van der Waals surface area contributed by atoms with Gasteiger partial charge in [0, 0.05) is 30.6 Å². The van der Waals surface area contributed by atoms with Crippen LogP contribution in [0, 0.1) is 6.92 Å². The first-order valence-electron chi connectivity index (χ1n) is 8.76. The summed E-state index contributed by atoms with van der Waals surface area (Å²) in [5.74, 6) is -0.333. The number of hydrogen-bond acceptors (Lipinski definition) is 4. The Morgan fingerprint density at radius 3 is 2.76 bits per heavy atom. The van der Waals surface area contributed by atoms with Crippen LogP contribution in [-0.4, -0.2) is 40.8 Å². The molecule has 132 valence electrons. The second-order valence-corrected chi connectivity index (χ2v) is 6.41. The molecule has 2 aromatic rings. The zero-order valence-electron chi connectivity index (χ0n) is 14.9. The van der Waals surface area contributed by atoms with Crippen LogP contribution in [0.5, 0.6) is 0 Å².